The van der Waals surface area contributed by atoms with E-state index in [9.17, 15) is 19.5 Å². The van der Waals surface area contributed by atoms with E-state index in [-0.39, 0.29) is 42.9 Å². The molecule has 4 unspecified atom stereocenters. The van der Waals surface area contributed by atoms with Gasteiger partial charge in [0, 0.05) is 12.6 Å². The van der Waals surface area contributed by atoms with Crippen molar-refractivity contribution >= 4 is 17.8 Å². The normalized spacial score (nSPS) is 35.2. The molecule has 0 aromatic heterocycles. The fourth-order valence-corrected chi connectivity index (χ4v) is 6.88. The summed E-state index contributed by atoms with van der Waals surface area (Å²) in [5.41, 5.74) is -2.05. The number of likely N-dealkylation sites (tertiary alicyclic amines) is 1. The van der Waals surface area contributed by atoms with Gasteiger partial charge in [0.25, 0.3) is 0 Å². The highest BCUT2D eigenvalue weighted by molar-refractivity contribution is 5.99. The minimum absolute atomic E-state index is 0.0521. The molecule has 1 N–H and O–H groups in total. The third-order valence-corrected chi connectivity index (χ3v) is 8.69. The SMILES string of the molecule is C=CCN(C(=O)C1N([C@@H](CO)C(C)C)C(=O)[C@@H]2[C@@H](C(=O)OCC)[C@]3(C)OC12CC3C)C(C)CCC. The maximum atomic E-state index is 14.4. The number of hydrogen-bond acceptors (Lipinski definition) is 6. The third kappa shape index (κ3) is 4.10. The van der Waals surface area contributed by atoms with E-state index in [0.29, 0.717) is 13.0 Å². The van der Waals surface area contributed by atoms with Crippen LogP contribution in [0.1, 0.15) is 67.7 Å². The summed E-state index contributed by atoms with van der Waals surface area (Å²) in [5.74, 6) is -2.73. The van der Waals surface area contributed by atoms with Crippen LogP contribution >= 0.6 is 0 Å². The zero-order chi connectivity index (χ0) is 26.3. The van der Waals surface area contributed by atoms with Crippen molar-refractivity contribution in [1.29, 1.82) is 0 Å². The van der Waals surface area contributed by atoms with Gasteiger partial charge in [0.15, 0.2) is 0 Å². The molecule has 3 rings (SSSR count). The lowest BCUT2D eigenvalue weighted by atomic mass is 9.62. The summed E-state index contributed by atoms with van der Waals surface area (Å²) < 4.78 is 12.1. The first kappa shape index (κ1) is 27.7. The first-order chi connectivity index (χ1) is 16.5. The Morgan fingerprint density at radius 1 is 1.34 bits per heavy atom. The summed E-state index contributed by atoms with van der Waals surface area (Å²) in [4.78, 5) is 45.1. The first-order valence-corrected chi connectivity index (χ1v) is 13.2. The van der Waals surface area contributed by atoms with Crippen molar-refractivity contribution in [1.82, 2.24) is 9.80 Å². The van der Waals surface area contributed by atoms with Crippen molar-refractivity contribution in [3.05, 3.63) is 12.7 Å². The summed E-state index contributed by atoms with van der Waals surface area (Å²) in [6.45, 7) is 17.7. The van der Waals surface area contributed by atoms with Gasteiger partial charge in [0.05, 0.1) is 30.8 Å². The molecule has 198 valence electrons. The molecule has 2 bridgehead atoms. The van der Waals surface area contributed by atoms with Gasteiger partial charge in [-0.15, -0.1) is 6.58 Å². The molecule has 3 fully saturated rings. The van der Waals surface area contributed by atoms with E-state index in [1.54, 1.807) is 22.8 Å². The number of ether oxygens (including phenoxy) is 2. The molecule has 1 spiro atoms. The van der Waals surface area contributed by atoms with Crippen molar-refractivity contribution in [2.75, 3.05) is 19.8 Å². The maximum Gasteiger partial charge on any atom is 0.312 e. The molecule has 3 heterocycles. The Bertz CT molecular complexity index is 846. The number of fused-ring (bicyclic) bond motifs is 1. The molecule has 35 heavy (non-hydrogen) atoms. The Morgan fingerprint density at radius 3 is 2.51 bits per heavy atom. The van der Waals surface area contributed by atoms with Crippen LogP contribution in [0.2, 0.25) is 0 Å². The number of carbonyl (C=O) groups excluding carboxylic acids is 3. The number of nitrogens with zero attached hydrogens (tertiary/aromatic N) is 2. The van der Waals surface area contributed by atoms with Gasteiger partial charge in [-0.25, -0.2) is 0 Å². The van der Waals surface area contributed by atoms with Crippen LogP contribution in [0, 0.1) is 23.7 Å². The van der Waals surface area contributed by atoms with Crippen LogP contribution in [-0.2, 0) is 23.9 Å². The van der Waals surface area contributed by atoms with E-state index in [2.05, 4.69) is 13.5 Å². The molecule has 0 aromatic rings. The Hall–Kier alpha value is -1.93. The molecule has 8 heteroatoms. The lowest BCUT2D eigenvalue weighted by Gasteiger charge is -2.42. The van der Waals surface area contributed by atoms with Gasteiger partial charge in [0.1, 0.15) is 17.6 Å². The van der Waals surface area contributed by atoms with E-state index in [1.807, 2.05) is 34.6 Å². The van der Waals surface area contributed by atoms with Gasteiger partial charge in [-0.05, 0) is 45.4 Å². The number of carbonyl (C=O) groups is 3. The Balaban J connectivity index is 2.19. The quantitative estimate of drug-likeness (QED) is 0.352. The van der Waals surface area contributed by atoms with Gasteiger partial charge in [-0.3, -0.25) is 14.4 Å². The first-order valence-electron chi connectivity index (χ1n) is 13.2. The second-order valence-electron chi connectivity index (χ2n) is 11.1. The lowest BCUT2D eigenvalue weighted by molar-refractivity contribution is -0.164. The fourth-order valence-electron chi connectivity index (χ4n) is 6.88. The van der Waals surface area contributed by atoms with Crippen LogP contribution in [0.15, 0.2) is 12.7 Å². The number of aliphatic hydroxyl groups is 1. The average Bonchev–Trinajstić information content (AvgIpc) is 3.29. The molecule has 3 aliphatic rings. The molecule has 3 saturated heterocycles. The van der Waals surface area contributed by atoms with Crippen molar-refractivity contribution in [2.45, 2.75) is 97.1 Å². The number of hydrogen-bond donors (Lipinski definition) is 1. The summed E-state index contributed by atoms with van der Waals surface area (Å²) in [7, 11) is 0. The second-order valence-corrected chi connectivity index (χ2v) is 11.1. The maximum absolute atomic E-state index is 14.4. The zero-order valence-electron chi connectivity index (χ0n) is 22.5. The Morgan fingerprint density at radius 2 is 2.00 bits per heavy atom. The molecular formula is C27H44N2O6. The molecule has 0 aliphatic carbocycles. The monoisotopic (exact) mass is 492 g/mol. The standard InChI is InChI=1S/C27H44N2O6/c1-9-12-18(7)28(13-10-2)24(32)22-27-14-17(6)26(8,35-27)21(25(33)34-11-3)20(27)23(31)29(22)19(15-30)16(4)5/h10,16-22,30H,2,9,11-15H2,1,3-8H3/t17?,18?,19-,20-,21-,22?,26+,27?/m0/s1. The van der Waals surface area contributed by atoms with Crippen molar-refractivity contribution < 1.29 is 29.0 Å². The molecular weight excluding hydrogens is 448 g/mol. The zero-order valence-corrected chi connectivity index (χ0v) is 22.5. The van der Waals surface area contributed by atoms with Gasteiger partial charge in [-0.2, -0.15) is 0 Å². The van der Waals surface area contributed by atoms with E-state index < -0.39 is 41.1 Å². The van der Waals surface area contributed by atoms with E-state index >= 15 is 0 Å². The summed E-state index contributed by atoms with van der Waals surface area (Å²) >= 11 is 0. The van der Waals surface area contributed by atoms with Gasteiger partial charge in [-0.1, -0.05) is 40.2 Å². The number of amides is 2. The lowest BCUT2D eigenvalue weighted by Crippen LogP contribution is -2.60. The van der Waals surface area contributed by atoms with Crippen molar-refractivity contribution in [2.24, 2.45) is 23.7 Å². The van der Waals surface area contributed by atoms with Crippen LogP contribution < -0.4 is 0 Å². The fraction of sp³-hybridized carbons (Fsp3) is 0.815. The minimum atomic E-state index is -1.15. The van der Waals surface area contributed by atoms with Crippen molar-refractivity contribution in [3.8, 4) is 0 Å². The number of esters is 1. The number of rotatable bonds is 11. The predicted molar refractivity (Wildman–Crippen MR) is 132 cm³/mol. The van der Waals surface area contributed by atoms with Crippen molar-refractivity contribution in [3.63, 3.8) is 0 Å². The van der Waals surface area contributed by atoms with Crippen LogP contribution in [-0.4, -0.2) is 81.8 Å². The van der Waals surface area contributed by atoms with E-state index in [4.69, 9.17) is 9.47 Å². The Kier molecular flexibility index (Phi) is 8.07. The number of aliphatic hydroxyl groups excluding tert-OH is 1. The highest BCUT2D eigenvalue weighted by atomic mass is 16.6. The van der Waals surface area contributed by atoms with Gasteiger partial charge >= 0.3 is 5.97 Å². The molecule has 0 radical (unpaired) electrons. The van der Waals surface area contributed by atoms with Crippen LogP contribution in [0.25, 0.3) is 0 Å². The highest BCUT2D eigenvalue weighted by Crippen LogP contribution is 2.65. The van der Waals surface area contributed by atoms with Crippen LogP contribution in [0.4, 0.5) is 0 Å². The van der Waals surface area contributed by atoms with Crippen LogP contribution in [0.5, 0.6) is 0 Å². The Labute approximate surface area is 210 Å². The third-order valence-electron chi connectivity index (χ3n) is 8.69. The predicted octanol–water partition coefficient (Wildman–Crippen LogP) is 2.78. The molecule has 8 nitrogen and oxygen atoms in total. The molecule has 2 amide bonds. The largest absolute Gasteiger partial charge is 0.466 e. The average molecular weight is 493 g/mol. The van der Waals surface area contributed by atoms with Crippen LogP contribution in [0.3, 0.4) is 0 Å². The topological polar surface area (TPSA) is 96.4 Å². The highest BCUT2D eigenvalue weighted by Gasteiger charge is 2.80. The summed E-state index contributed by atoms with van der Waals surface area (Å²) in [5, 5.41) is 10.3. The van der Waals surface area contributed by atoms with Gasteiger partial charge < -0.3 is 24.4 Å². The van der Waals surface area contributed by atoms with E-state index in [1.165, 1.54) is 0 Å². The van der Waals surface area contributed by atoms with E-state index in [0.717, 1.165) is 12.8 Å². The molecule has 8 atom stereocenters. The smallest absolute Gasteiger partial charge is 0.312 e. The molecule has 0 saturated carbocycles. The summed E-state index contributed by atoms with van der Waals surface area (Å²) in [6, 6.07) is -1.56. The van der Waals surface area contributed by atoms with Gasteiger partial charge in [0.2, 0.25) is 11.8 Å². The summed E-state index contributed by atoms with van der Waals surface area (Å²) in [6.07, 6.45) is 3.91. The second kappa shape index (κ2) is 10.2. The minimum Gasteiger partial charge on any atom is -0.466 e. The molecule has 3 aliphatic heterocycles. The molecule has 0 aromatic carbocycles.